The molecule has 1 nitrogen and oxygen atoms in total. The first-order chi connectivity index (χ1) is 7.34. The lowest BCUT2D eigenvalue weighted by Gasteiger charge is -2.22. The summed E-state index contributed by atoms with van der Waals surface area (Å²) in [5, 5.41) is 0. The average molecular weight is 201 g/mol. The van der Waals surface area contributed by atoms with Gasteiger partial charge in [-0.05, 0) is 30.7 Å². The van der Waals surface area contributed by atoms with Crippen molar-refractivity contribution in [2.45, 2.75) is 44.8 Å². The molecule has 2 aliphatic heterocycles. The molecular weight excluding hydrogens is 182 g/mol. The van der Waals surface area contributed by atoms with Gasteiger partial charge >= 0.3 is 0 Å². The summed E-state index contributed by atoms with van der Waals surface area (Å²) in [6.45, 7) is 3.59. The molecule has 2 bridgehead atoms. The first-order valence-electron chi connectivity index (χ1n) is 6.14. The fourth-order valence-electron chi connectivity index (χ4n) is 3.46. The highest BCUT2D eigenvalue weighted by Gasteiger charge is 2.43. The lowest BCUT2D eigenvalue weighted by molar-refractivity contribution is 0.231. The number of hydrogen-bond donors (Lipinski definition) is 0. The zero-order valence-corrected chi connectivity index (χ0v) is 9.39. The van der Waals surface area contributed by atoms with Gasteiger partial charge in [-0.25, -0.2) is 0 Å². The van der Waals surface area contributed by atoms with Gasteiger partial charge in [0.05, 0.1) is 0 Å². The van der Waals surface area contributed by atoms with Gasteiger partial charge in [-0.15, -0.1) is 0 Å². The van der Waals surface area contributed by atoms with Crippen molar-refractivity contribution in [2.75, 3.05) is 0 Å². The molecule has 0 aromatic heterocycles. The highest BCUT2D eigenvalue weighted by molar-refractivity contribution is 5.16. The van der Waals surface area contributed by atoms with Gasteiger partial charge in [0.1, 0.15) is 0 Å². The maximum absolute atomic E-state index is 2.74. The third-order valence-corrected chi connectivity index (χ3v) is 4.20. The molecule has 3 unspecified atom stereocenters. The Labute approximate surface area is 92.1 Å². The highest BCUT2D eigenvalue weighted by atomic mass is 15.2. The molecular formula is C14H19N. The van der Waals surface area contributed by atoms with Gasteiger partial charge in [-0.1, -0.05) is 37.3 Å². The van der Waals surface area contributed by atoms with Crippen molar-refractivity contribution in [1.82, 2.24) is 4.90 Å². The van der Waals surface area contributed by atoms with E-state index in [1.54, 1.807) is 0 Å². The Bertz CT molecular complexity index is 332. The van der Waals surface area contributed by atoms with Crippen LogP contribution in [0.1, 0.15) is 31.7 Å². The van der Waals surface area contributed by atoms with Gasteiger partial charge in [0, 0.05) is 18.6 Å². The summed E-state index contributed by atoms with van der Waals surface area (Å²) in [5.74, 6) is 0.924. The Morgan fingerprint density at radius 2 is 2.00 bits per heavy atom. The summed E-state index contributed by atoms with van der Waals surface area (Å²) in [7, 11) is 0. The van der Waals surface area contributed by atoms with E-state index in [-0.39, 0.29) is 0 Å². The van der Waals surface area contributed by atoms with Crippen molar-refractivity contribution in [3.63, 3.8) is 0 Å². The van der Waals surface area contributed by atoms with Crippen LogP contribution < -0.4 is 0 Å². The maximum Gasteiger partial charge on any atom is 0.0239 e. The summed E-state index contributed by atoms with van der Waals surface area (Å²) in [4.78, 5) is 2.74. The third kappa shape index (κ3) is 1.59. The van der Waals surface area contributed by atoms with Crippen molar-refractivity contribution < 1.29 is 0 Å². The number of nitrogens with zero attached hydrogens (tertiary/aromatic N) is 1. The second kappa shape index (κ2) is 3.64. The lowest BCUT2D eigenvalue weighted by atomic mass is 9.91. The molecule has 0 radical (unpaired) electrons. The molecule has 3 atom stereocenters. The molecule has 2 aliphatic rings. The summed E-state index contributed by atoms with van der Waals surface area (Å²) in [6, 6.07) is 12.7. The van der Waals surface area contributed by atoms with E-state index < -0.39 is 0 Å². The van der Waals surface area contributed by atoms with E-state index in [1.165, 1.54) is 31.4 Å². The molecule has 2 saturated heterocycles. The van der Waals surface area contributed by atoms with Gasteiger partial charge in [-0.3, -0.25) is 4.90 Å². The zero-order chi connectivity index (χ0) is 10.3. The minimum atomic E-state index is 0.871. The summed E-state index contributed by atoms with van der Waals surface area (Å²) in [6.07, 6.45) is 4.29. The Morgan fingerprint density at radius 3 is 2.60 bits per heavy atom. The summed E-state index contributed by atoms with van der Waals surface area (Å²) < 4.78 is 0. The lowest BCUT2D eigenvalue weighted by Crippen LogP contribution is -2.29. The van der Waals surface area contributed by atoms with Gasteiger partial charge in [0.25, 0.3) is 0 Å². The maximum atomic E-state index is 2.74. The van der Waals surface area contributed by atoms with Crippen LogP contribution in [0.3, 0.4) is 0 Å². The SMILES string of the molecule is CC1CC2CCC1N2Cc1ccccc1. The largest absolute Gasteiger partial charge is 0.293 e. The van der Waals surface area contributed by atoms with Crippen LogP contribution in [0.2, 0.25) is 0 Å². The van der Waals surface area contributed by atoms with E-state index in [1.807, 2.05) is 0 Å². The fraction of sp³-hybridized carbons (Fsp3) is 0.571. The molecule has 0 amide bonds. The van der Waals surface area contributed by atoms with Crippen LogP contribution in [-0.4, -0.2) is 17.0 Å². The van der Waals surface area contributed by atoms with E-state index in [4.69, 9.17) is 0 Å². The van der Waals surface area contributed by atoms with E-state index >= 15 is 0 Å². The molecule has 0 aliphatic carbocycles. The first-order valence-corrected chi connectivity index (χ1v) is 6.14. The van der Waals surface area contributed by atoms with Gasteiger partial charge in [0.2, 0.25) is 0 Å². The molecule has 15 heavy (non-hydrogen) atoms. The molecule has 0 saturated carbocycles. The van der Waals surface area contributed by atoms with Crippen molar-refractivity contribution >= 4 is 0 Å². The van der Waals surface area contributed by atoms with Crippen LogP contribution in [0.15, 0.2) is 30.3 Å². The predicted octanol–water partition coefficient (Wildman–Crippen LogP) is 3.06. The molecule has 0 spiro atoms. The van der Waals surface area contributed by atoms with Gasteiger partial charge in [-0.2, -0.15) is 0 Å². The van der Waals surface area contributed by atoms with Crippen LogP contribution >= 0.6 is 0 Å². The van der Waals surface area contributed by atoms with Crippen molar-refractivity contribution in [2.24, 2.45) is 5.92 Å². The normalized spacial score (nSPS) is 34.9. The van der Waals surface area contributed by atoms with E-state index in [0.717, 1.165) is 18.0 Å². The summed E-state index contributed by atoms with van der Waals surface area (Å²) >= 11 is 0. The van der Waals surface area contributed by atoms with Crippen LogP contribution in [0.4, 0.5) is 0 Å². The van der Waals surface area contributed by atoms with Crippen molar-refractivity contribution in [3.05, 3.63) is 35.9 Å². The Hall–Kier alpha value is -0.820. The molecule has 1 aromatic rings. The number of rotatable bonds is 2. The number of benzene rings is 1. The smallest absolute Gasteiger partial charge is 0.0239 e. The molecule has 2 fully saturated rings. The predicted molar refractivity (Wildman–Crippen MR) is 62.6 cm³/mol. The molecule has 3 rings (SSSR count). The van der Waals surface area contributed by atoms with Crippen LogP contribution in [0, 0.1) is 5.92 Å². The molecule has 80 valence electrons. The van der Waals surface area contributed by atoms with Crippen LogP contribution in [-0.2, 0) is 6.54 Å². The number of fused-ring (bicyclic) bond motifs is 2. The molecule has 2 heterocycles. The van der Waals surface area contributed by atoms with Gasteiger partial charge in [0.15, 0.2) is 0 Å². The highest BCUT2D eigenvalue weighted by Crippen LogP contribution is 2.42. The van der Waals surface area contributed by atoms with Crippen molar-refractivity contribution in [1.29, 1.82) is 0 Å². The average Bonchev–Trinajstić information content (AvgIpc) is 2.76. The van der Waals surface area contributed by atoms with Gasteiger partial charge < -0.3 is 0 Å². The third-order valence-electron chi connectivity index (χ3n) is 4.20. The fourth-order valence-corrected chi connectivity index (χ4v) is 3.46. The minimum Gasteiger partial charge on any atom is -0.293 e. The zero-order valence-electron chi connectivity index (χ0n) is 9.39. The molecule has 1 heteroatoms. The standard InChI is InChI=1S/C14H19N/c1-11-9-13-7-8-14(11)15(13)10-12-5-3-2-4-6-12/h2-6,11,13-14H,7-10H2,1H3. The van der Waals surface area contributed by atoms with E-state index in [9.17, 15) is 0 Å². The number of hydrogen-bond acceptors (Lipinski definition) is 1. The molecule has 0 N–H and O–H groups in total. The van der Waals surface area contributed by atoms with Crippen LogP contribution in [0.25, 0.3) is 0 Å². The Balaban J connectivity index is 1.75. The summed E-state index contributed by atoms with van der Waals surface area (Å²) in [5.41, 5.74) is 1.48. The second-order valence-electron chi connectivity index (χ2n) is 5.17. The van der Waals surface area contributed by atoms with E-state index in [2.05, 4.69) is 42.2 Å². The topological polar surface area (TPSA) is 3.24 Å². The van der Waals surface area contributed by atoms with Crippen LogP contribution in [0.5, 0.6) is 0 Å². The quantitative estimate of drug-likeness (QED) is 0.711. The first kappa shape index (κ1) is 9.41. The minimum absolute atomic E-state index is 0.871. The monoisotopic (exact) mass is 201 g/mol. The second-order valence-corrected chi connectivity index (χ2v) is 5.17. The van der Waals surface area contributed by atoms with E-state index in [0.29, 0.717) is 0 Å². The molecule has 1 aromatic carbocycles. The Morgan fingerprint density at radius 1 is 1.20 bits per heavy atom. The van der Waals surface area contributed by atoms with Crippen molar-refractivity contribution in [3.8, 4) is 0 Å². The Kier molecular flexibility index (Phi) is 2.28.